The normalized spacial score (nSPS) is 15.7. The van der Waals surface area contributed by atoms with E-state index in [2.05, 4.69) is 21.4 Å². The number of nitrogens with one attached hydrogen (secondary N) is 1. The maximum Gasteiger partial charge on any atom is 0.280 e. The highest BCUT2D eigenvalue weighted by Crippen LogP contribution is 2.49. The number of nitriles is 1. The van der Waals surface area contributed by atoms with Gasteiger partial charge in [-0.2, -0.15) is 5.26 Å². The average molecular weight is 534 g/mol. The number of carbonyl (C=O) groups is 2. The van der Waals surface area contributed by atoms with Crippen LogP contribution >= 0.6 is 0 Å². The zero-order valence-electron chi connectivity index (χ0n) is 22.4. The molecule has 0 saturated heterocycles. The van der Waals surface area contributed by atoms with Crippen LogP contribution in [0.15, 0.2) is 53.7 Å². The summed E-state index contributed by atoms with van der Waals surface area (Å²) in [6.45, 7) is 3.55. The Morgan fingerprint density at radius 1 is 1.28 bits per heavy atom. The van der Waals surface area contributed by atoms with Gasteiger partial charge in [-0.25, -0.2) is 13.8 Å². The first kappa shape index (κ1) is 29.4. The fourth-order valence-corrected chi connectivity index (χ4v) is 4.65. The number of nitrogens with zero attached hydrogens (tertiary/aromatic N) is 3. The van der Waals surface area contributed by atoms with Crippen LogP contribution in [-0.2, 0) is 16.0 Å². The minimum absolute atomic E-state index is 0.0205. The SMILES string of the molecule is CCCC(C#N)(C(=O)/C=C(/C)c1cc(NC(=O)Cc2cccc(C(C=NC)=CN)c2)nc(C(F)F)c1)C1CC1. The van der Waals surface area contributed by atoms with Gasteiger partial charge in [0.05, 0.1) is 12.5 Å². The molecule has 0 radical (unpaired) electrons. The van der Waals surface area contributed by atoms with Crippen LogP contribution in [0.4, 0.5) is 14.6 Å². The third-order valence-electron chi connectivity index (χ3n) is 6.77. The molecule has 204 valence electrons. The first-order valence-electron chi connectivity index (χ1n) is 12.8. The number of anilines is 1. The van der Waals surface area contributed by atoms with E-state index in [0.29, 0.717) is 35.1 Å². The van der Waals surface area contributed by atoms with Crippen LogP contribution in [0.3, 0.4) is 0 Å². The second-order valence-corrected chi connectivity index (χ2v) is 9.70. The van der Waals surface area contributed by atoms with Crippen molar-refractivity contribution in [3.63, 3.8) is 0 Å². The molecule has 7 nitrogen and oxygen atoms in total. The third-order valence-corrected chi connectivity index (χ3v) is 6.77. The van der Waals surface area contributed by atoms with Crippen molar-refractivity contribution in [3.8, 4) is 6.07 Å². The number of hydrogen-bond acceptors (Lipinski definition) is 6. The standard InChI is InChI=1S/C30H33F2N5O2/c1-4-10-30(18-34,24-8-9-24)26(38)11-19(2)22-14-25(29(31)32)36-27(15-22)37-28(39)13-20-6-5-7-21(12-20)23(16-33)17-35-3/h5-7,11-12,14-17,24,29H,4,8-10,13,33H2,1-3H3,(H,36,37,39)/b19-11-,23-16?,35-17?. The smallest absolute Gasteiger partial charge is 0.280 e. The largest absolute Gasteiger partial charge is 0.404 e. The minimum atomic E-state index is -2.88. The molecule has 3 rings (SSSR count). The van der Waals surface area contributed by atoms with Crippen LogP contribution in [0.1, 0.15) is 68.3 Å². The van der Waals surface area contributed by atoms with Crippen LogP contribution in [-0.4, -0.2) is 29.9 Å². The maximum absolute atomic E-state index is 13.7. The molecule has 9 heteroatoms. The number of allylic oxidation sites excluding steroid dienone is 3. The van der Waals surface area contributed by atoms with Crippen LogP contribution < -0.4 is 11.1 Å². The Morgan fingerprint density at radius 2 is 2.03 bits per heavy atom. The van der Waals surface area contributed by atoms with Crippen molar-refractivity contribution < 1.29 is 18.4 Å². The number of halogens is 2. The van der Waals surface area contributed by atoms with Crippen LogP contribution in [0, 0.1) is 22.7 Å². The molecule has 1 fully saturated rings. The Balaban J connectivity index is 1.85. The zero-order valence-corrected chi connectivity index (χ0v) is 22.4. The highest BCUT2D eigenvalue weighted by molar-refractivity contribution is 6.09. The van der Waals surface area contributed by atoms with E-state index in [4.69, 9.17) is 5.73 Å². The molecule has 1 aromatic carbocycles. The number of carbonyl (C=O) groups excluding carboxylic acids is 2. The summed E-state index contributed by atoms with van der Waals surface area (Å²) < 4.78 is 27.4. The highest BCUT2D eigenvalue weighted by Gasteiger charge is 2.49. The van der Waals surface area contributed by atoms with Gasteiger partial charge in [0.1, 0.15) is 16.9 Å². The van der Waals surface area contributed by atoms with E-state index >= 15 is 0 Å². The summed E-state index contributed by atoms with van der Waals surface area (Å²) in [6.07, 6.45) is 4.26. The first-order valence-corrected chi connectivity index (χ1v) is 12.8. The summed E-state index contributed by atoms with van der Waals surface area (Å²) in [5, 5.41) is 12.5. The van der Waals surface area contributed by atoms with Crippen molar-refractivity contribution in [2.45, 2.75) is 52.4 Å². The molecule has 0 spiro atoms. The molecule has 0 aliphatic heterocycles. The molecule has 2 aromatic rings. The van der Waals surface area contributed by atoms with Crippen molar-refractivity contribution in [1.29, 1.82) is 5.26 Å². The molecule has 1 aliphatic carbocycles. The van der Waals surface area contributed by atoms with Crippen LogP contribution in [0.25, 0.3) is 11.1 Å². The number of amides is 1. The fraction of sp³-hybridized carbons (Fsp3) is 0.367. The molecule has 1 unspecified atom stereocenters. The van der Waals surface area contributed by atoms with Gasteiger partial charge in [0, 0.05) is 25.0 Å². The van der Waals surface area contributed by atoms with Crippen LogP contribution in [0.5, 0.6) is 0 Å². The molecule has 0 bridgehead atoms. The lowest BCUT2D eigenvalue weighted by atomic mass is 9.75. The molecule has 3 N–H and O–H groups in total. The number of ketones is 1. The van der Waals surface area contributed by atoms with Gasteiger partial charge in [-0.15, -0.1) is 0 Å². The van der Waals surface area contributed by atoms with Gasteiger partial charge in [-0.3, -0.25) is 14.6 Å². The Kier molecular flexibility index (Phi) is 9.83. The van der Waals surface area contributed by atoms with Gasteiger partial charge in [0.2, 0.25) is 5.91 Å². The number of hydrogen-bond donors (Lipinski definition) is 2. The second kappa shape index (κ2) is 13.1. The monoisotopic (exact) mass is 533 g/mol. The fourth-order valence-electron chi connectivity index (χ4n) is 4.65. The van der Waals surface area contributed by atoms with Gasteiger partial charge >= 0.3 is 0 Å². The molecule has 1 saturated carbocycles. The van der Waals surface area contributed by atoms with Gasteiger partial charge in [-0.1, -0.05) is 37.6 Å². The summed E-state index contributed by atoms with van der Waals surface area (Å²) >= 11 is 0. The number of nitrogens with two attached hydrogens (primary N) is 1. The number of pyridine rings is 1. The van der Waals surface area contributed by atoms with Crippen molar-refractivity contribution in [2.24, 2.45) is 22.1 Å². The van der Waals surface area contributed by atoms with E-state index < -0.39 is 23.4 Å². The summed E-state index contributed by atoms with van der Waals surface area (Å²) in [7, 11) is 1.63. The Bertz CT molecular complexity index is 1360. The quantitative estimate of drug-likeness (QED) is 0.260. The molecule has 1 aliphatic rings. The van der Waals surface area contributed by atoms with E-state index in [1.54, 1.807) is 38.4 Å². The van der Waals surface area contributed by atoms with E-state index in [1.807, 2.05) is 13.0 Å². The highest BCUT2D eigenvalue weighted by atomic mass is 19.3. The lowest BCUT2D eigenvalue weighted by molar-refractivity contribution is -0.122. The molecule has 39 heavy (non-hydrogen) atoms. The number of benzene rings is 1. The van der Waals surface area contributed by atoms with Crippen molar-refractivity contribution in [2.75, 3.05) is 12.4 Å². The first-order chi connectivity index (χ1) is 18.7. The summed E-state index contributed by atoms with van der Waals surface area (Å²) in [6, 6.07) is 12.1. The Labute approximate surface area is 227 Å². The van der Waals surface area contributed by atoms with Crippen molar-refractivity contribution in [3.05, 3.63) is 71.1 Å². The summed E-state index contributed by atoms with van der Waals surface area (Å²) in [5.41, 5.74) is 6.95. The predicted molar refractivity (Wildman–Crippen MR) is 149 cm³/mol. The number of alkyl halides is 2. The van der Waals surface area contributed by atoms with Gasteiger partial charge in [0.25, 0.3) is 6.43 Å². The van der Waals surface area contributed by atoms with E-state index in [1.165, 1.54) is 24.4 Å². The van der Waals surface area contributed by atoms with E-state index in [-0.39, 0.29) is 23.9 Å². The third kappa shape index (κ3) is 7.23. The van der Waals surface area contributed by atoms with Crippen LogP contribution in [0.2, 0.25) is 0 Å². The molecule has 1 heterocycles. The predicted octanol–water partition coefficient (Wildman–Crippen LogP) is 5.89. The second-order valence-electron chi connectivity index (χ2n) is 9.70. The Morgan fingerprint density at radius 3 is 2.62 bits per heavy atom. The topological polar surface area (TPSA) is 121 Å². The maximum atomic E-state index is 13.7. The molecule has 1 atom stereocenters. The van der Waals surface area contributed by atoms with Crippen molar-refractivity contribution >= 4 is 34.9 Å². The molecule has 1 amide bonds. The minimum Gasteiger partial charge on any atom is -0.404 e. The molecular formula is C30H33F2N5O2. The number of aromatic nitrogens is 1. The molecular weight excluding hydrogens is 500 g/mol. The molecule has 1 aromatic heterocycles. The number of aliphatic imine (C=N–C) groups is 1. The van der Waals surface area contributed by atoms with Gasteiger partial charge in [-0.05, 0) is 72.6 Å². The summed E-state index contributed by atoms with van der Waals surface area (Å²) in [4.78, 5) is 33.9. The lowest BCUT2D eigenvalue weighted by Crippen LogP contribution is -2.30. The number of rotatable bonds is 12. The lowest BCUT2D eigenvalue weighted by Gasteiger charge is -2.23. The zero-order chi connectivity index (χ0) is 28.6. The average Bonchev–Trinajstić information content (AvgIpc) is 3.76. The van der Waals surface area contributed by atoms with Gasteiger partial charge < -0.3 is 11.1 Å². The van der Waals surface area contributed by atoms with E-state index in [9.17, 15) is 23.6 Å². The van der Waals surface area contributed by atoms with E-state index in [0.717, 1.165) is 18.4 Å². The van der Waals surface area contributed by atoms with Gasteiger partial charge in [0.15, 0.2) is 5.78 Å². The summed E-state index contributed by atoms with van der Waals surface area (Å²) in [5.74, 6) is -0.789. The Hall–Kier alpha value is -4.19. The van der Waals surface area contributed by atoms with Crippen molar-refractivity contribution in [1.82, 2.24) is 4.98 Å².